The Morgan fingerprint density at radius 3 is 2.70 bits per heavy atom. The number of aliphatic imine (C=N–C) groups is 1. The van der Waals surface area contributed by atoms with E-state index >= 15 is 0 Å². The Bertz CT molecular complexity index is 198. The minimum absolute atomic E-state index is 0.199. The van der Waals surface area contributed by atoms with Crippen LogP contribution in [0.2, 0.25) is 0 Å². The van der Waals surface area contributed by atoms with Crippen molar-refractivity contribution < 1.29 is 4.79 Å². The summed E-state index contributed by atoms with van der Waals surface area (Å²) in [6.45, 7) is 3.62. The second-order valence-electron chi connectivity index (χ2n) is 1.95. The average molecular weight is 138 g/mol. The molecule has 10 heavy (non-hydrogen) atoms. The Balaban J connectivity index is 4.35. The van der Waals surface area contributed by atoms with Crippen LogP contribution in [0.1, 0.15) is 20.3 Å². The molecule has 0 aliphatic heterocycles. The van der Waals surface area contributed by atoms with Gasteiger partial charge in [-0.15, -0.1) is 0 Å². The van der Waals surface area contributed by atoms with E-state index in [1.807, 2.05) is 6.92 Å². The highest BCUT2D eigenvalue weighted by atomic mass is 16.1. The maximum absolute atomic E-state index is 9.80. The summed E-state index contributed by atoms with van der Waals surface area (Å²) in [4.78, 5) is 13.3. The van der Waals surface area contributed by atoms with E-state index in [0.29, 0.717) is 12.0 Å². The Labute approximate surface area is 60.0 Å². The lowest BCUT2D eigenvalue weighted by Gasteiger charge is -2.02. The van der Waals surface area contributed by atoms with Crippen LogP contribution in [0.4, 0.5) is 0 Å². The van der Waals surface area contributed by atoms with Crippen molar-refractivity contribution in [2.75, 3.05) is 0 Å². The molecule has 0 heterocycles. The predicted octanol–water partition coefficient (Wildman–Crippen LogP) is 1.30. The Morgan fingerprint density at radius 2 is 2.40 bits per heavy atom. The standard InChI is InChI=1S/C7H10N2O/c1-3-7(9-5-10)6(2)4-8/h7-8H,3H2,1-2H3. The number of nitrogens with zero attached hydrogens (tertiary/aromatic N) is 1. The van der Waals surface area contributed by atoms with E-state index in [4.69, 9.17) is 5.41 Å². The minimum atomic E-state index is -0.199. The molecule has 0 radical (unpaired) electrons. The molecule has 54 valence electrons. The first-order chi connectivity index (χ1) is 4.76. The molecule has 1 unspecified atom stereocenters. The topological polar surface area (TPSA) is 53.3 Å². The quantitative estimate of drug-likeness (QED) is 0.463. The maximum atomic E-state index is 9.80. The molecule has 1 atom stereocenters. The minimum Gasteiger partial charge on any atom is -0.259 e. The van der Waals surface area contributed by atoms with Crippen LogP contribution in [0.3, 0.4) is 0 Å². The van der Waals surface area contributed by atoms with Gasteiger partial charge >= 0.3 is 0 Å². The van der Waals surface area contributed by atoms with E-state index in [0.717, 1.165) is 0 Å². The number of carbonyl (C=O) groups excluding carboxylic acids is 1. The van der Waals surface area contributed by atoms with Crippen molar-refractivity contribution in [3.05, 3.63) is 5.57 Å². The zero-order valence-corrected chi connectivity index (χ0v) is 6.14. The molecule has 3 nitrogen and oxygen atoms in total. The van der Waals surface area contributed by atoms with E-state index in [1.165, 1.54) is 6.08 Å². The SMILES string of the molecule is CCC(N=C=O)C(C)=C=N. The molecule has 0 saturated carbocycles. The van der Waals surface area contributed by atoms with E-state index in [2.05, 4.69) is 10.9 Å². The van der Waals surface area contributed by atoms with Gasteiger partial charge in [0.15, 0.2) is 0 Å². The summed E-state index contributed by atoms with van der Waals surface area (Å²) >= 11 is 0. The number of hydrogen-bond donors (Lipinski definition) is 1. The molecule has 0 fully saturated rings. The number of nitrogens with one attached hydrogen (secondary N) is 1. The van der Waals surface area contributed by atoms with E-state index in [1.54, 1.807) is 6.92 Å². The molecule has 0 aromatic carbocycles. The smallest absolute Gasteiger partial charge is 0.235 e. The lowest BCUT2D eigenvalue weighted by molar-refractivity contribution is 0.558. The Hall–Kier alpha value is -1.17. The zero-order chi connectivity index (χ0) is 7.98. The van der Waals surface area contributed by atoms with Crippen molar-refractivity contribution >= 4 is 11.9 Å². The largest absolute Gasteiger partial charge is 0.259 e. The summed E-state index contributed by atoms with van der Waals surface area (Å²) in [5.41, 5.74) is 0.672. The van der Waals surface area contributed by atoms with Gasteiger partial charge in [0, 0.05) is 5.57 Å². The molecule has 0 aliphatic carbocycles. The van der Waals surface area contributed by atoms with Gasteiger partial charge in [-0.05, 0) is 19.2 Å². The molecule has 0 aromatic rings. The Morgan fingerprint density at radius 1 is 1.80 bits per heavy atom. The predicted molar refractivity (Wildman–Crippen MR) is 39.1 cm³/mol. The molecular formula is C7H10N2O. The van der Waals surface area contributed by atoms with Gasteiger partial charge in [-0.2, -0.15) is 4.99 Å². The van der Waals surface area contributed by atoms with Crippen LogP contribution in [-0.2, 0) is 4.79 Å². The van der Waals surface area contributed by atoms with Crippen LogP contribution in [0.5, 0.6) is 0 Å². The zero-order valence-electron chi connectivity index (χ0n) is 6.14. The highest BCUT2D eigenvalue weighted by molar-refractivity contribution is 5.56. The average Bonchev–Trinajstić information content (AvgIpc) is 1.99. The van der Waals surface area contributed by atoms with Gasteiger partial charge in [0.05, 0.1) is 6.04 Å². The fourth-order valence-corrected chi connectivity index (χ4v) is 0.641. The molecule has 0 amide bonds. The Kier molecular flexibility index (Phi) is 4.14. The van der Waals surface area contributed by atoms with Crippen LogP contribution in [0.15, 0.2) is 10.6 Å². The molecule has 0 aromatic heterocycles. The van der Waals surface area contributed by atoms with Crippen molar-refractivity contribution in [2.24, 2.45) is 4.99 Å². The van der Waals surface area contributed by atoms with E-state index in [-0.39, 0.29) is 6.04 Å². The summed E-state index contributed by atoms with van der Waals surface area (Å²) < 4.78 is 0. The van der Waals surface area contributed by atoms with Gasteiger partial charge in [-0.25, -0.2) is 4.79 Å². The first kappa shape index (κ1) is 8.83. The first-order valence-electron chi connectivity index (χ1n) is 3.09. The van der Waals surface area contributed by atoms with Gasteiger partial charge in [-0.3, -0.25) is 5.41 Å². The maximum Gasteiger partial charge on any atom is 0.235 e. The van der Waals surface area contributed by atoms with Gasteiger partial charge in [-0.1, -0.05) is 6.92 Å². The molecule has 1 N–H and O–H groups in total. The fourth-order valence-electron chi connectivity index (χ4n) is 0.641. The van der Waals surface area contributed by atoms with E-state index < -0.39 is 0 Å². The van der Waals surface area contributed by atoms with Gasteiger partial charge < -0.3 is 0 Å². The molecule has 0 bridgehead atoms. The second kappa shape index (κ2) is 4.68. The molecule has 0 spiro atoms. The summed E-state index contributed by atoms with van der Waals surface area (Å²) in [7, 11) is 0. The second-order valence-corrected chi connectivity index (χ2v) is 1.95. The van der Waals surface area contributed by atoms with Crippen molar-refractivity contribution in [2.45, 2.75) is 26.3 Å². The normalized spacial score (nSPS) is 11.0. The fraction of sp³-hybridized carbons (Fsp3) is 0.571. The highest BCUT2D eigenvalue weighted by Gasteiger charge is 2.04. The van der Waals surface area contributed by atoms with Crippen molar-refractivity contribution in [3.8, 4) is 0 Å². The number of rotatable bonds is 3. The summed E-state index contributed by atoms with van der Waals surface area (Å²) in [6.07, 6.45) is 2.18. The van der Waals surface area contributed by atoms with Crippen LogP contribution < -0.4 is 0 Å². The summed E-state index contributed by atoms with van der Waals surface area (Å²) in [5.74, 6) is 2.19. The summed E-state index contributed by atoms with van der Waals surface area (Å²) in [5, 5.41) is 6.74. The lowest BCUT2D eigenvalue weighted by atomic mass is 10.1. The third kappa shape index (κ3) is 2.40. The van der Waals surface area contributed by atoms with Gasteiger partial charge in [0.25, 0.3) is 0 Å². The first-order valence-corrected chi connectivity index (χ1v) is 3.09. The van der Waals surface area contributed by atoms with Gasteiger partial charge in [0.1, 0.15) is 0 Å². The van der Waals surface area contributed by atoms with Crippen molar-refractivity contribution in [1.29, 1.82) is 5.41 Å². The monoisotopic (exact) mass is 138 g/mol. The molecule has 0 aliphatic rings. The third-order valence-corrected chi connectivity index (χ3v) is 1.29. The van der Waals surface area contributed by atoms with Crippen molar-refractivity contribution in [3.63, 3.8) is 0 Å². The van der Waals surface area contributed by atoms with E-state index in [9.17, 15) is 4.79 Å². The number of hydrogen-bond acceptors (Lipinski definition) is 3. The van der Waals surface area contributed by atoms with Crippen LogP contribution >= 0.6 is 0 Å². The third-order valence-electron chi connectivity index (χ3n) is 1.29. The highest BCUT2D eigenvalue weighted by Crippen LogP contribution is 2.04. The van der Waals surface area contributed by atoms with Crippen LogP contribution in [0.25, 0.3) is 0 Å². The molecule has 3 heteroatoms. The van der Waals surface area contributed by atoms with Crippen LogP contribution in [0, 0.1) is 5.41 Å². The number of isocyanates is 1. The lowest BCUT2D eigenvalue weighted by Crippen LogP contribution is -2.03. The van der Waals surface area contributed by atoms with Crippen molar-refractivity contribution in [1.82, 2.24) is 0 Å². The molecular weight excluding hydrogens is 128 g/mol. The molecule has 0 saturated heterocycles. The molecule has 0 rings (SSSR count). The van der Waals surface area contributed by atoms with Gasteiger partial charge in [0.2, 0.25) is 6.08 Å². The van der Waals surface area contributed by atoms with Crippen LogP contribution in [-0.4, -0.2) is 18.0 Å². The summed E-state index contributed by atoms with van der Waals surface area (Å²) in [6, 6.07) is -0.199.